The number of imidazole rings is 1. The van der Waals surface area contributed by atoms with Crippen molar-refractivity contribution >= 4 is 5.91 Å². The largest absolute Gasteiger partial charge is 0.361 e. The Morgan fingerprint density at radius 1 is 1.40 bits per heavy atom. The minimum atomic E-state index is 0.00538. The van der Waals surface area contributed by atoms with Crippen LogP contribution in [0.5, 0.6) is 0 Å². The van der Waals surface area contributed by atoms with Crippen molar-refractivity contribution in [3.8, 4) is 0 Å². The number of aromatic nitrogens is 3. The molecule has 1 fully saturated rings. The molecule has 3 rings (SSSR count). The molecule has 1 aliphatic heterocycles. The van der Waals surface area contributed by atoms with E-state index in [1.54, 1.807) is 0 Å². The Hall–Kier alpha value is -2.11. The topological polar surface area (TPSA) is 64.2 Å². The Balaban J connectivity index is 1.66. The summed E-state index contributed by atoms with van der Waals surface area (Å²) in [5.74, 6) is 2.30. The molecule has 25 heavy (non-hydrogen) atoms. The standard InChI is InChI=1S/C19H28N4O2/c1-14(2)12-17-13-18(21-25-17)19(24)23-9-5-4-6-16(23)7-10-22-11-8-20-15(22)3/h8,11,13-14,16H,4-7,9-10,12H2,1-3H3/t16-/m1/s1. The molecule has 0 unspecified atom stereocenters. The monoisotopic (exact) mass is 344 g/mol. The molecule has 2 aromatic heterocycles. The molecule has 0 aliphatic carbocycles. The zero-order valence-corrected chi connectivity index (χ0v) is 15.4. The quantitative estimate of drug-likeness (QED) is 0.805. The summed E-state index contributed by atoms with van der Waals surface area (Å²) in [7, 11) is 0. The summed E-state index contributed by atoms with van der Waals surface area (Å²) in [6, 6.07) is 2.07. The van der Waals surface area contributed by atoms with Crippen molar-refractivity contribution in [1.82, 2.24) is 19.6 Å². The molecule has 0 spiro atoms. The van der Waals surface area contributed by atoms with Crippen LogP contribution in [0.15, 0.2) is 23.0 Å². The molecule has 6 nitrogen and oxygen atoms in total. The number of carbonyl (C=O) groups excluding carboxylic acids is 1. The highest BCUT2D eigenvalue weighted by atomic mass is 16.5. The zero-order chi connectivity index (χ0) is 17.8. The molecule has 0 saturated carbocycles. The smallest absolute Gasteiger partial charge is 0.276 e. The van der Waals surface area contributed by atoms with Gasteiger partial charge in [0.25, 0.3) is 5.91 Å². The average Bonchev–Trinajstić information content (AvgIpc) is 3.21. The molecule has 0 radical (unpaired) electrons. The van der Waals surface area contributed by atoms with E-state index in [0.717, 1.165) is 50.4 Å². The van der Waals surface area contributed by atoms with Crippen LogP contribution in [0.1, 0.15) is 61.6 Å². The van der Waals surface area contributed by atoms with Gasteiger partial charge in [-0.1, -0.05) is 19.0 Å². The van der Waals surface area contributed by atoms with E-state index in [4.69, 9.17) is 4.52 Å². The maximum Gasteiger partial charge on any atom is 0.276 e. The fraction of sp³-hybridized carbons (Fsp3) is 0.632. The Kier molecular flexibility index (Phi) is 5.56. The van der Waals surface area contributed by atoms with Gasteiger partial charge in [-0.15, -0.1) is 0 Å². The van der Waals surface area contributed by atoms with Gasteiger partial charge < -0.3 is 14.0 Å². The van der Waals surface area contributed by atoms with Gasteiger partial charge in [0.15, 0.2) is 5.69 Å². The molecule has 0 bridgehead atoms. The molecule has 0 N–H and O–H groups in total. The summed E-state index contributed by atoms with van der Waals surface area (Å²) < 4.78 is 7.49. The number of piperidine rings is 1. The normalized spacial score (nSPS) is 18.1. The van der Waals surface area contributed by atoms with Crippen molar-refractivity contribution in [1.29, 1.82) is 0 Å². The lowest BCUT2D eigenvalue weighted by atomic mass is 9.98. The van der Waals surface area contributed by atoms with Crippen LogP contribution in [-0.2, 0) is 13.0 Å². The third-order valence-corrected chi connectivity index (χ3v) is 4.90. The molecular weight excluding hydrogens is 316 g/mol. The SMILES string of the molecule is Cc1nccn1CC[C@H]1CCCCN1C(=O)c1cc(CC(C)C)on1. The number of aryl methyl sites for hydroxylation is 2. The van der Waals surface area contributed by atoms with E-state index in [9.17, 15) is 4.79 Å². The van der Waals surface area contributed by atoms with Crippen molar-refractivity contribution in [2.24, 2.45) is 5.92 Å². The van der Waals surface area contributed by atoms with E-state index in [-0.39, 0.29) is 11.9 Å². The maximum absolute atomic E-state index is 12.9. The first-order valence-electron chi connectivity index (χ1n) is 9.29. The van der Waals surface area contributed by atoms with Crippen LogP contribution in [-0.4, -0.2) is 38.1 Å². The molecule has 136 valence electrons. The molecule has 2 aromatic rings. The van der Waals surface area contributed by atoms with Crippen LogP contribution in [0.25, 0.3) is 0 Å². The fourth-order valence-electron chi connectivity index (χ4n) is 3.56. The van der Waals surface area contributed by atoms with Crippen LogP contribution in [0.4, 0.5) is 0 Å². The van der Waals surface area contributed by atoms with Crippen molar-refractivity contribution in [2.45, 2.75) is 65.5 Å². The van der Waals surface area contributed by atoms with Crippen molar-refractivity contribution < 1.29 is 9.32 Å². The predicted octanol–water partition coefficient (Wildman–Crippen LogP) is 3.46. The van der Waals surface area contributed by atoms with Gasteiger partial charge >= 0.3 is 0 Å². The second-order valence-corrected chi connectivity index (χ2v) is 7.38. The van der Waals surface area contributed by atoms with E-state index in [2.05, 4.69) is 28.6 Å². The highest BCUT2D eigenvalue weighted by Gasteiger charge is 2.29. The summed E-state index contributed by atoms with van der Waals surface area (Å²) in [4.78, 5) is 19.2. The Bertz CT molecular complexity index is 704. The fourth-order valence-corrected chi connectivity index (χ4v) is 3.56. The molecule has 3 heterocycles. The molecule has 6 heteroatoms. The minimum Gasteiger partial charge on any atom is -0.361 e. The van der Waals surface area contributed by atoms with Gasteiger partial charge in [0.05, 0.1) is 0 Å². The lowest BCUT2D eigenvalue weighted by molar-refractivity contribution is 0.0584. The van der Waals surface area contributed by atoms with E-state index < -0.39 is 0 Å². The molecule has 0 aromatic carbocycles. The van der Waals surface area contributed by atoms with Gasteiger partial charge in [-0.05, 0) is 38.5 Å². The first-order valence-corrected chi connectivity index (χ1v) is 9.29. The Labute approximate surface area is 149 Å². The molecule has 1 aliphatic rings. The van der Waals surface area contributed by atoms with E-state index in [0.29, 0.717) is 11.6 Å². The van der Waals surface area contributed by atoms with E-state index >= 15 is 0 Å². The maximum atomic E-state index is 12.9. The summed E-state index contributed by atoms with van der Waals surface area (Å²) in [6.07, 6.45) is 8.86. The minimum absolute atomic E-state index is 0.00538. The lowest BCUT2D eigenvalue weighted by Gasteiger charge is -2.35. The van der Waals surface area contributed by atoms with Crippen LogP contribution < -0.4 is 0 Å². The second-order valence-electron chi connectivity index (χ2n) is 7.38. The van der Waals surface area contributed by atoms with Gasteiger partial charge in [0, 0.05) is 44.0 Å². The number of nitrogens with zero attached hydrogens (tertiary/aromatic N) is 4. The van der Waals surface area contributed by atoms with E-state index in [1.165, 1.54) is 6.42 Å². The lowest BCUT2D eigenvalue weighted by Crippen LogP contribution is -2.44. The number of rotatable bonds is 6. The summed E-state index contributed by atoms with van der Waals surface area (Å²) >= 11 is 0. The van der Waals surface area contributed by atoms with Gasteiger partial charge in [-0.25, -0.2) is 4.98 Å². The molecule has 1 atom stereocenters. The molecular formula is C19H28N4O2. The number of hydrogen-bond donors (Lipinski definition) is 0. The third-order valence-electron chi connectivity index (χ3n) is 4.90. The first kappa shape index (κ1) is 17.7. The predicted molar refractivity (Wildman–Crippen MR) is 95.3 cm³/mol. The summed E-state index contributed by atoms with van der Waals surface area (Å²) in [6.45, 7) is 7.96. The third kappa shape index (κ3) is 4.30. The number of likely N-dealkylation sites (tertiary alicyclic amines) is 1. The van der Waals surface area contributed by atoms with Crippen LogP contribution >= 0.6 is 0 Å². The van der Waals surface area contributed by atoms with Gasteiger partial charge in [0.2, 0.25) is 0 Å². The summed E-state index contributed by atoms with van der Waals surface area (Å²) in [5.41, 5.74) is 0.446. The van der Waals surface area contributed by atoms with E-state index in [1.807, 2.05) is 30.3 Å². The average molecular weight is 344 g/mol. The number of amides is 1. The van der Waals surface area contributed by atoms with Crippen molar-refractivity contribution in [2.75, 3.05) is 6.54 Å². The number of carbonyl (C=O) groups is 1. The zero-order valence-electron chi connectivity index (χ0n) is 15.4. The molecule has 1 amide bonds. The highest BCUT2D eigenvalue weighted by Crippen LogP contribution is 2.23. The van der Waals surface area contributed by atoms with Gasteiger partial charge in [0.1, 0.15) is 11.6 Å². The van der Waals surface area contributed by atoms with Crippen LogP contribution in [0.3, 0.4) is 0 Å². The number of hydrogen-bond acceptors (Lipinski definition) is 4. The highest BCUT2D eigenvalue weighted by molar-refractivity contribution is 5.92. The van der Waals surface area contributed by atoms with Gasteiger partial charge in [-0.2, -0.15) is 0 Å². The second kappa shape index (κ2) is 7.85. The van der Waals surface area contributed by atoms with Crippen LogP contribution in [0.2, 0.25) is 0 Å². The Morgan fingerprint density at radius 3 is 2.96 bits per heavy atom. The first-order chi connectivity index (χ1) is 12.0. The van der Waals surface area contributed by atoms with Crippen molar-refractivity contribution in [3.05, 3.63) is 35.7 Å². The Morgan fingerprint density at radius 2 is 2.24 bits per heavy atom. The van der Waals surface area contributed by atoms with Crippen molar-refractivity contribution in [3.63, 3.8) is 0 Å². The molecule has 1 saturated heterocycles. The van der Waals surface area contributed by atoms with Gasteiger partial charge in [-0.3, -0.25) is 4.79 Å². The van der Waals surface area contributed by atoms with Crippen LogP contribution in [0, 0.1) is 12.8 Å². The summed E-state index contributed by atoms with van der Waals surface area (Å²) in [5, 5.41) is 4.02.